The van der Waals surface area contributed by atoms with E-state index in [-0.39, 0.29) is 22.6 Å². The van der Waals surface area contributed by atoms with E-state index in [0.29, 0.717) is 26.4 Å². The average molecular weight is 423 g/mol. The Hall–Kier alpha value is -2.24. The zero-order valence-electron chi connectivity index (χ0n) is 19.1. The van der Waals surface area contributed by atoms with Gasteiger partial charge in [0.25, 0.3) is 0 Å². The number of carbonyl (C=O) groups is 2. The van der Waals surface area contributed by atoms with Gasteiger partial charge < -0.3 is 18.9 Å². The number of carbonyl (C=O) groups excluding carboxylic acids is 2. The minimum absolute atomic E-state index is 0.269. The Morgan fingerprint density at radius 1 is 0.600 bits per heavy atom. The molecule has 0 bridgehead atoms. The Bertz CT molecular complexity index is 586. The quantitative estimate of drug-likeness (QED) is 0.242. The van der Waals surface area contributed by atoms with Crippen LogP contribution in [0.2, 0.25) is 0 Å². The van der Waals surface area contributed by atoms with Crippen molar-refractivity contribution in [1.29, 1.82) is 0 Å². The SMILES string of the molecule is CCCCOC(=O)c1ccc(C(=O)OCCCC)c(OCCCC)c1OCCCC. The maximum absolute atomic E-state index is 12.7. The van der Waals surface area contributed by atoms with Gasteiger partial charge in [-0.1, -0.05) is 53.4 Å². The fourth-order valence-electron chi connectivity index (χ4n) is 2.58. The number of ether oxygens (including phenoxy) is 4. The van der Waals surface area contributed by atoms with E-state index in [1.165, 1.54) is 0 Å². The summed E-state index contributed by atoms with van der Waals surface area (Å²) in [5.74, 6) is -0.403. The van der Waals surface area contributed by atoms with Gasteiger partial charge in [0, 0.05) is 0 Å². The molecule has 0 atom stereocenters. The molecule has 0 spiro atoms. The molecule has 0 aliphatic rings. The van der Waals surface area contributed by atoms with E-state index >= 15 is 0 Å². The normalized spacial score (nSPS) is 10.5. The van der Waals surface area contributed by atoms with E-state index in [1.54, 1.807) is 12.1 Å². The summed E-state index contributed by atoms with van der Waals surface area (Å²) in [5, 5.41) is 0. The van der Waals surface area contributed by atoms with Crippen molar-refractivity contribution in [2.24, 2.45) is 0 Å². The topological polar surface area (TPSA) is 71.1 Å². The van der Waals surface area contributed by atoms with Crippen LogP contribution in [0.5, 0.6) is 11.5 Å². The van der Waals surface area contributed by atoms with Crippen LogP contribution in [-0.2, 0) is 9.47 Å². The third-order valence-corrected chi connectivity index (χ3v) is 4.50. The Morgan fingerprint density at radius 3 is 1.27 bits per heavy atom. The number of hydrogen-bond donors (Lipinski definition) is 0. The summed E-state index contributed by atoms with van der Waals surface area (Å²) in [5.41, 5.74) is 0.553. The molecule has 1 aromatic rings. The molecular formula is C24H38O6. The van der Waals surface area contributed by atoms with Gasteiger partial charge in [0.15, 0.2) is 11.5 Å². The summed E-state index contributed by atoms with van der Waals surface area (Å²) in [6.07, 6.45) is 6.98. The highest BCUT2D eigenvalue weighted by Crippen LogP contribution is 2.37. The van der Waals surface area contributed by atoms with E-state index in [1.807, 2.05) is 13.8 Å². The molecule has 30 heavy (non-hydrogen) atoms. The molecule has 170 valence electrons. The number of unbranched alkanes of at least 4 members (excludes halogenated alkanes) is 4. The first kappa shape index (κ1) is 25.8. The summed E-state index contributed by atoms with van der Waals surface area (Å²) < 4.78 is 22.7. The lowest BCUT2D eigenvalue weighted by Gasteiger charge is -2.19. The van der Waals surface area contributed by atoms with E-state index < -0.39 is 11.9 Å². The van der Waals surface area contributed by atoms with Crippen LogP contribution in [-0.4, -0.2) is 38.4 Å². The largest absolute Gasteiger partial charge is 0.489 e. The molecule has 6 nitrogen and oxygen atoms in total. The second-order valence-electron chi connectivity index (χ2n) is 7.20. The number of rotatable bonds is 16. The van der Waals surface area contributed by atoms with Crippen LogP contribution in [0.1, 0.15) is 99.8 Å². The van der Waals surface area contributed by atoms with Crippen molar-refractivity contribution in [2.45, 2.75) is 79.1 Å². The summed E-state index contributed by atoms with van der Waals surface area (Å²) >= 11 is 0. The van der Waals surface area contributed by atoms with E-state index in [9.17, 15) is 9.59 Å². The smallest absolute Gasteiger partial charge is 0.342 e. The third kappa shape index (κ3) is 8.64. The van der Waals surface area contributed by atoms with Crippen molar-refractivity contribution >= 4 is 11.9 Å². The Morgan fingerprint density at radius 2 is 0.933 bits per heavy atom. The first-order chi connectivity index (χ1) is 14.6. The summed E-state index contributed by atoms with van der Waals surface area (Å²) in [6, 6.07) is 3.14. The zero-order chi connectivity index (χ0) is 22.2. The standard InChI is InChI=1S/C24H38O6/c1-5-9-15-27-21-19(23(25)29-17-11-7-3)13-14-20(22(21)28-16-10-6-2)24(26)30-18-12-8-4/h13-14H,5-12,15-18H2,1-4H3. The van der Waals surface area contributed by atoms with Gasteiger partial charge in [0.1, 0.15) is 11.1 Å². The van der Waals surface area contributed by atoms with Crippen LogP contribution in [0, 0.1) is 0 Å². The summed E-state index contributed by atoms with van der Waals surface area (Å²) in [4.78, 5) is 25.3. The van der Waals surface area contributed by atoms with Gasteiger partial charge in [-0.05, 0) is 37.8 Å². The molecule has 0 aromatic heterocycles. The van der Waals surface area contributed by atoms with Crippen LogP contribution in [0.15, 0.2) is 12.1 Å². The maximum Gasteiger partial charge on any atom is 0.342 e. The molecule has 0 saturated heterocycles. The molecular weight excluding hydrogens is 384 g/mol. The predicted molar refractivity (Wildman–Crippen MR) is 118 cm³/mol. The highest BCUT2D eigenvalue weighted by atomic mass is 16.5. The highest BCUT2D eigenvalue weighted by molar-refractivity contribution is 5.99. The zero-order valence-corrected chi connectivity index (χ0v) is 19.1. The molecule has 1 rings (SSSR count). The molecule has 0 radical (unpaired) electrons. The lowest BCUT2D eigenvalue weighted by molar-refractivity contribution is 0.0475. The fraction of sp³-hybridized carbons (Fsp3) is 0.667. The molecule has 0 amide bonds. The Balaban J connectivity index is 3.27. The van der Waals surface area contributed by atoms with Crippen LogP contribution in [0.4, 0.5) is 0 Å². The van der Waals surface area contributed by atoms with E-state index in [2.05, 4.69) is 13.8 Å². The van der Waals surface area contributed by atoms with Gasteiger partial charge in [0.2, 0.25) is 0 Å². The summed E-state index contributed by atoms with van der Waals surface area (Å²) in [6.45, 7) is 9.71. The minimum Gasteiger partial charge on any atom is -0.489 e. The van der Waals surface area contributed by atoms with Gasteiger partial charge in [-0.2, -0.15) is 0 Å². The van der Waals surface area contributed by atoms with Gasteiger partial charge in [-0.3, -0.25) is 0 Å². The van der Waals surface area contributed by atoms with Gasteiger partial charge in [-0.25, -0.2) is 9.59 Å². The molecule has 0 N–H and O–H groups in total. The fourth-order valence-corrected chi connectivity index (χ4v) is 2.58. The first-order valence-corrected chi connectivity index (χ1v) is 11.4. The molecule has 0 unspecified atom stereocenters. The minimum atomic E-state index is -0.471. The second-order valence-corrected chi connectivity index (χ2v) is 7.20. The lowest BCUT2D eigenvalue weighted by atomic mass is 10.1. The molecule has 0 aliphatic heterocycles. The number of esters is 2. The molecule has 6 heteroatoms. The van der Waals surface area contributed by atoms with Crippen molar-refractivity contribution in [3.05, 3.63) is 23.3 Å². The lowest BCUT2D eigenvalue weighted by Crippen LogP contribution is -2.15. The predicted octanol–water partition coefficient (Wildman–Crippen LogP) is 5.96. The first-order valence-electron chi connectivity index (χ1n) is 11.4. The van der Waals surface area contributed by atoms with Gasteiger partial charge in [-0.15, -0.1) is 0 Å². The Labute approximate surface area is 181 Å². The van der Waals surface area contributed by atoms with Crippen molar-refractivity contribution in [3.63, 3.8) is 0 Å². The molecule has 0 fully saturated rings. The molecule has 0 saturated carbocycles. The van der Waals surface area contributed by atoms with Crippen LogP contribution in [0.3, 0.4) is 0 Å². The second kappa shape index (κ2) is 15.6. The van der Waals surface area contributed by atoms with E-state index in [0.717, 1.165) is 51.4 Å². The third-order valence-electron chi connectivity index (χ3n) is 4.50. The van der Waals surface area contributed by atoms with Gasteiger partial charge in [0.05, 0.1) is 26.4 Å². The van der Waals surface area contributed by atoms with Crippen LogP contribution < -0.4 is 9.47 Å². The maximum atomic E-state index is 12.7. The highest BCUT2D eigenvalue weighted by Gasteiger charge is 2.26. The Kier molecular flexibility index (Phi) is 13.4. The van der Waals surface area contributed by atoms with Crippen LogP contribution >= 0.6 is 0 Å². The van der Waals surface area contributed by atoms with Crippen LogP contribution in [0.25, 0.3) is 0 Å². The van der Waals surface area contributed by atoms with Gasteiger partial charge >= 0.3 is 11.9 Å². The van der Waals surface area contributed by atoms with E-state index in [4.69, 9.17) is 18.9 Å². The molecule has 1 aromatic carbocycles. The summed E-state index contributed by atoms with van der Waals surface area (Å²) in [7, 11) is 0. The number of benzene rings is 1. The average Bonchev–Trinajstić information content (AvgIpc) is 2.74. The van der Waals surface area contributed by atoms with Crippen molar-refractivity contribution < 1.29 is 28.5 Å². The molecule has 0 aliphatic carbocycles. The van der Waals surface area contributed by atoms with Crippen molar-refractivity contribution in [3.8, 4) is 11.5 Å². The molecule has 0 heterocycles. The number of hydrogen-bond acceptors (Lipinski definition) is 6. The van der Waals surface area contributed by atoms with Crippen molar-refractivity contribution in [1.82, 2.24) is 0 Å². The monoisotopic (exact) mass is 422 g/mol. The van der Waals surface area contributed by atoms with Crippen molar-refractivity contribution in [2.75, 3.05) is 26.4 Å².